The number of nitrogens with zero attached hydrogens (tertiary/aromatic N) is 2. The number of benzene rings is 1. The van der Waals surface area contributed by atoms with Crippen LogP contribution >= 0.6 is 31.9 Å². The minimum absolute atomic E-state index is 0.230. The summed E-state index contributed by atoms with van der Waals surface area (Å²) in [5, 5.41) is 3.71. The Morgan fingerprint density at radius 1 is 1.32 bits per heavy atom. The lowest BCUT2D eigenvalue weighted by molar-refractivity contribution is 0.240. The molecule has 0 aliphatic rings. The minimum Gasteiger partial charge on any atom is -0.481 e. The molecule has 0 unspecified atom stereocenters. The van der Waals surface area contributed by atoms with Gasteiger partial charge in [0.1, 0.15) is 5.75 Å². The van der Waals surface area contributed by atoms with Crippen LogP contribution in [0, 0.1) is 6.92 Å². The highest BCUT2D eigenvalue weighted by Crippen LogP contribution is 2.35. The number of nitrogens with two attached hydrogens (primary N) is 1. The fraction of sp³-hybridized carbons (Fsp3) is 0.333. The third kappa shape index (κ3) is 3.77. The highest BCUT2D eigenvalue weighted by Gasteiger charge is 2.11. The van der Waals surface area contributed by atoms with Crippen LogP contribution in [0.4, 0.5) is 0 Å². The van der Waals surface area contributed by atoms with Crippen molar-refractivity contribution in [1.82, 2.24) is 10.1 Å². The number of halogens is 2. The van der Waals surface area contributed by atoms with Gasteiger partial charge in [-0.2, -0.15) is 4.98 Å². The summed E-state index contributed by atoms with van der Waals surface area (Å²) in [6.45, 7) is 2.61. The Morgan fingerprint density at radius 3 is 2.53 bits per heavy atom. The van der Waals surface area contributed by atoms with Gasteiger partial charge in [0.25, 0.3) is 5.89 Å². The number of rotatable bonds is 5. The largest absolute Gasteiger partial charge is 0.481 e. The molecule has 5 nitrogen and oxygen atoms in total. The Hall–Kier alpha value is -0.920. The normalized spacial score (nSPS) is 10.7. The number of aromatic nitrogens is 2. The lowest BCUT2D eigenvalue weighted by atomic mass is 10.1. The maximum absolute atomic E-state index is 5.68. The summed E-state index contributed by atoms with van der Waals surface area (Å²) in [6, 6.07) is 3.98. The molecule has 0 amide bonds. The summed E-state index contributed by atoms with van der Waals surface area (Å²) >= 11 is 6.97. The van der Waals surface area contributed by atoms with Crippen LogP contribution in [0.1, 0.15) is 17.3 Å². The second kappa shape index (κ2) is 6.49. The van der Waals surface area contributed by atoms with Gasteiger partial charge in [-0.1, -0.05) is 5.16 Å². The van der Waals surface area contributed by atoms with Crippen molar-refractivity contribution in [3.8, 4) is 5.75 Å². The van der Waals surface area contributed by atoms with Gasteiger partial charge in [0, 0.05) is 0 Å². The Balaban J connectivity index is 2.11. The maximum Gasteiger partial charge on any atom is 0.264 e. The summed E-state index contributed by atoms with van der Waals surface area (Å²) < 4.78 is 12.4. The molecule has 102 valence electrons. The molecule has 0 aliphatic heterocycles. The molecule has 7 heteroatoms. The topological polar surface area (TPSA) is 74.2 Å². The first-order valence-electron chi connectivity index (χ1n) is 5.70. The number of aryl methyl sites for hydroxylation is 1. The Bertz CT molecular complexity index is 549. The van der Waals surface area contributed by atoms with E-state index in [1.165, 1.54) is 0 Å². The van der Waals surface area contributed by atoms with Crippen LogP contribution in [-0.4, -0.2) is 16.7 Å². The molecule has 1 heterocycles. The van der Waals surface area contributed by atoms with E-state index in [0.717, 1.165) is 20.9 Å². The third-order valence-corrected chi connectivity index (χ3v) is 3.58. The second-order valence-electron chi connectivity index (χ2n) is 3.95. The first-order valence-corrected chi connectivity index (χ1v) is 7.28. The van der Waals surface area contributed by atoms with Crippen LogP contribution in [-0.2, 0) is 13.0 Å². The molecule has 0 aliphatic carbocycles. The van der Waals surface area contributed by atoms with E-state index in [-0.39, 0.29) is 6.61 Å². The van der Waals surface area contributed by atoms with Gasteiger partial charge in [0.2, 0.25) is 0 Å². The monoisotopic (exact) mass is 389 g/mol. The van der Waals surface area contributed by atoms with Gasteiger partial charge >= 0.3 is 0 Å². The zero-order valence-electron chi connectivity index (χ0n) is 10.3. The van der Waals surface area contributed by atoms with Gasteiger partial charge in [-0.25, -0.2) is 0 Å². The molecule has 0 spiro atoms. The van der Waals surface area contributed by atoms with Gasteiger partial charge in [0.05, 0.1) is 8.95 Å². The van der Waals surface area contributed by atoms with Crippen LogP contribution in [0.2, 0.25) is 0 Å². The van der Waals surface area contributed by atoms with Crippen LogP contribution < -0.4 is 10.5 Å². The van der Waals surface area contributed by atoms with Gasteiger partial charge in [-0.3, -0.25) is 0 Å². The lowest BCUT2D eigenvalue weighted by Gasteiger charge is -2.10. The summed E-state index contributed by atoms with van der Waals surface area (Å²) in [5.74, 6) is 1.74. The van der Waals surface area contributed by atoms with Gasteiger partial charge in [-0.05, 0) is 69.4 Å². The summed E-state index contributed by atoms with van der Waals surface area (Å²) in [6.07, 6.45) is 0.820. The molecule has 2 rings (SSSR count). The first-order chi connectivity index (χ1) is 9.10. The SMILES string of the molecule is Cc1noc(COc2c(Br)cc(CCN)cc2Br)n1. The second-order valence-corrected chi connectivity index (χ2v) is 5.66. The molecule has 0 bridgehead atoms. The molecule has 2 N–H and O–H groups in total. The molecule has 19 heavy (non-hydrogen) atoms. The van der Waals surface area contributed by atoms with Gasteiger partial charge in [-0.15, -0.1) is 0 Å². The molecular formula is C12H13Br2N3O2. The predicted molar refractivity (Wildman–Crippen MR) is 78.0 cm³/mol. The van der Waals surface area contributed by atoms with Crippen molar-refractivity contribution in [2.45, 2.75) is 20.0 Å². The van der Waals surface area contributed by atoms with E-state index in [4.69, 9.17) is 15.0 Å². The standard InChI is InChI=1S/C12H13Br2N3O2/c1-7-16-11(19-17-7)6-18-12-9(13)4-8(2-3-15)5-10(12)14/h4-5H,2-3,6,15H2,1H3. The number of hydrogen-bond acceptors (Lipinski definition) is 5. The molecule has 0 fully saturated rings. The van der Waals surface area contributed by atoms with E-state index in [0.29, 0.717) is 24.0 Å². The van der Waals surface area contributed by atoms with Crippen molar-refractivity contribution in [2.75, 3.05) is 6.54 Å². The zero-order valence-corrected chi connectivity index (χ0v) is 13.5. The van der Waals surface area contributed by atoms with Crippen molar-refractivity contribution in [2.24, 2.45) is 5.73 Å². The Labute approximate surface area is 127 Å². The van der Waals surface area contributed by atoms with Crippen LogP contribution in [0.5, 0.6) is 5.75 Å². The molecule has 0 radical (unpaired) electrons. The quantitative estimate of drug-likeness (QED) is 0.849. The fourth-order valence-electron chi connectivity index (χ4n) is 1.59. The van der Waals surface area contributed by atoms with E-state index in [1.54, 1.807) is 6.92 Å². The molecule has 1 aromatic heterocycles. The number of ether oxygens (including phenoxy) is 1. The fourth-order valence-corrected chi connectivity index (χ4v) is 3.10. The first kappa shape index (κ1) is 14.5. The van der Waals surface area contributed by atoms with Gasteiger partial charge in [0.15, 0.2) is 12.4 Å². The molecule has 2 aromatic rings. The Kier molecular flexibility index (Phi) is 4.95. The Morgan fingerprint density at radius 2 is 2.00 bits per heavy atom. The molecule has 0 saturated carbocycles. The lowest BCUT2D eigenvalue weighted by Crippen LogP contribution is -2.03. The van der Waals surface area contributed by atoms with Crippen molar-refractivity contribution in [3.63, 3.8) is 0 Å². The summed E-state index contributed by atoms with van der Waals surface area (Å²) in [4.78, 5) is 4.08. The van der Waals surface area contributed by atoms with Crippen LogP contribution in [0.3, 0.4) is 0 Å². The average molecular weight is 391 g/mol. The third-order valence-electron chi connectivity index (χ3n) is 2.40. The van der Waals surface area contributed by atoms with E-state index in [2.05, 4.69) is 42.0 Å². The highest BCUT2D eigenvalue weighted by atomic mass is 79.9. The predicted octanol–water partition coefficient (Wildman–Crippen LogP) is 2.98. The van der Waals surface area contributed by atoms with E-state index >= 15 is 0 Å². The number of hydrogen-bond donors (Lipinski definition) is 1. The molecule has 0 atom stereocenters. The summed E-state index contributed by atoms with van der Waals surface area (Å²) in [7, 11) is 0. The maximum atomic E-state index is 5.68. The van der Waals surface area contributed by atoms with Crippen LogP contribution in [0.25, 0.3) is 0 Å². The molecule has 1 aromatic carbocycles. The van der Waals surface area contributed by atoms with Crippen molar-refractivity contribution < 1.29 is 9.26 Å². The van der Waals surface area contributed by atoms with E-state index in [1.807, 2.05) is 12.1 Å². The van der Waals surface area contributed by atoms with E-state index < -0.39 is 0 Å². The molecular weight excluding hydrogens is 378 g/mol. The smallest absolute Gasteiger partial charge is 0.264 e. The minimum atomic E-state index is 0.230. The molecule has 0 saturated heterocycles. The summed E-state index contributed by atoms with van der Waals surface area (Å²) in [5.41, 5.74) is 6.69. The van der Waals surface area contributed by atoms with Crippen LogP contribution in [0.15, 0.2) is 25.6 Å². The van der Waals surface area contributed by atoms with E-state index in [9.17, 15) is 0 Å². The average Bonchev–Trinajstić information content (AvgIpc) is 2.74. The van der Waals surface area contributed by atoms with Gasteiger partial charge < -0.3 is 15.0 Å². The zero-order chi connectivity index (χ0) is 13.8. The van der Waals surface area contributed by atoms with Crippen molar-refractivity contribution >= 4 is 31.9 Å². The van der Waals surface area contributed by atoms with Crippen molar-refractivity contribution in [3.05, 3.63) is 38.4 Å². The highest BCUT2D eigenvalue weighted by molar-refractivity contribution is 9.11. The van der Waals surface area contributed by atoms with Crippen molar-refractivity contribution in [1.29, 1.82) is 0 Å².